The Morgan fingerprint density at radius 2 is 1.78 bits per heavy atom. The molecule has 2 aromatic carbocycles. The highest BCUT2D eigenvalue weighted by Crippen LogP contribution is 2.25. The summed E-state index contributed by atoms with van der Waals surface area (Å²) < 4.78 is 0. The lowest BCUT2D eigenvalue weighted by Gasteiger charge is -2.27. The van der Waals surface area contributed by atoms with E-state index in [9.17, 15) is 9.90 Å². The van der Waals surface area contributed by atoms with Crippen molar-refractivity contribution in [2.45, 2.75) is 32.2 Å². The third kappa shape index (κ3) is 7.27. The first kappa shape index (κ1) is 23.6. The quantitative estimate of drug-likeness (QED) is 0.261. The number of carbonyl (C=O) groups excluding carboxylic acids is 1. The van der Waals surface area contributed by atoms with Gasteiger partial charge in [-0.15, -0.1) is 0 Å². The first-order valence-electron chi connectivity index (χ1n) is 11.6. The Balaban J connectivity index is 1.48. The normalized spacial score (nSPS) is 15.3. The molecule has 1 fully saturated rings. The number of hydrogen-bond donors (Lipinski definition) is 4. The summed E-state index contributed by atoms with van der Waals surface area (Å²) in [6.45, 7) is 7.04. The molecule has 1 atom stereocenters. The number of nitrogens with zero attached hydrogens (tertiary/aromatic N) is 2. The molecule has 4 N–H and O–H groups in total. The van der Waals surface area contributed by atoms with Gasteiger partial charge in [-0.25, -0.2) is 0 Å². The Hall–Kier alpha value is -3.06. The van der Waals surface area contributed by atoms with E-state index in [0.29, 0.717) is 25.2 Å². The standard InChI is InChI=1S/C25H35N5O2/c1-2-26-25(28-15-9-14-27-24(32)21-12-8-13-22(31)18-21)29-19-23(30-16-6-7-17-30)20-10-4-3-5-11-20/h3-5,8,10-13,18,23,31H,2,6-7,9,14-17,19H2,1H3,(H,27,32)(H2,26,28,29). The van der Waals surface area contributed by atoms with Gasteiger partial charge in [-0.1, -0.05) is 36.4 Å². The average molecular weight is 438 g/mol. The number of hydrogen-bond acceptors (Lipinski definition) is 4. The first-order chi connectivity index (χ1) is 15.7. The monoisotopic (exact) mass is 437 g/mol. The molecule has 0 bridgehead atoms. The number of nitrogens with one attached hydrogen (secondary N) is 3. The molecular weight excluding hydrogens is 402 g/mol. The first-order valence-corrected chi connectivity index (χ1v) is 11.6. The van der Waals surface area contributed by atoms with Crippen LogP contribution in [-0.2, 0) is 0 Å². The van der Waals surface area contributed by atoms with Crippen molar-refractivity contribution in [3.05, 3.63) is 65.7 Å². The van der Waals surface area contributed by atoms with E-state index in [-0.39, 0.29) is 17.7 Å². The largest absolute Gasteiger partial charge is 0.508 e. The van der Waals surface area contributed by atoms with Gasteiger partial charge in [-0.3, -0.25) is 14.7 Å². The number of rotatable bonds is 10. The zero-order valence-corrected chi connectivity index (χ0v) is 18.9. The third-order valence-electron chi connectivity index (χ3n) is 5.57. The highest BCUT2D eigenvalue weighted by atomic mass is 16.3. The molecule has 1 heterocycles. The summed E-state index contributed by atoms with van der Waals surface area (Å²) in [6.07, 6.45) is 3.27. The maximum absolute atomic E-state index is 12.2. The van der Waals surface area contributed by atoms with E-state index in [0.717, 1.165) is 32.0 Å². The summed E-state index contributed by atoms with van der Waals surface area (Å²) in [5, 5.41) is 19.1. The minimum Gasteiger partial charge on any atom is -0.508 e. The molecule has 1 amide bonds. The van der Waals surface area contributed by atoms with Crippen LogP contribution in [0.3, 0.4) is 0 Å². The summed E-state index contributed by atoms with van der Waals surface area (Å²) in [5.41, 5.74) is 1.77. The molecule has 1 aliphatic rings. The molecule has 7 heteroatoms. The van der Waals surface area contributed by atoms with Gasteiger partial charge in [0.05, 0.1) is 12.6 Å². The smallest absolute Gasteiger partial charge is 0.251 e. The number of phenols is 1. The number of phenolic OH excluding ortho intramolecular Hbond substituents is 1. The van der Waals surface area contributed by atoms with Crippen molar-refractivity contribution in [3.63, 3.8) is 0 Å². The van der Waals surface area contributed by atoms with E-state index in [4.69, 9.17) is 4.99 Å². The van der Waals surface area contributed by atoms with Crippen molar-refractivity contribution in [3.8, 4) is 5.75 Å². The summed E-state index contributed by atoms with van der Waals surface area (Å²) in [4.78, 5) is 19.5. The molecule has 172 valence electrons. The van der Waals surface area contributed by atoms with Crippen LogP contribution < -0.4 is 16.0 Å². The van der Waals surface area contributed by atoms with Crippen molar-refractivity contribution < 1.29 is 9.90 Å². The third-order valence-corrected chi connectivity index (χ3v) is 5.57. The average Bonchev–Trinajstić information content (AvgIpc) is 3.34. The lowest BCUT2D eigenvalue weighted by Crippen LogP contribution is -2.39. The van der Waals surface area contributed by atoms with Crippen LogP contribution in [0.1, 0.15) is 48.1 Å². The molecule has 0 saturated carbocycles. The van der Waals surface area contributed by atoms with Crippen LogP contribution in [0.25, 0.3) is 0 Å². The molecule has 32 heavy (non-hydrogen) atoms. The van der Waals surface area contributed by atoms with Gasteiger partial charge in [0.1, 0.15) is 5.75 Å². The highest BCUT2D eigenvalue weighted by Gasteiger charge is 2.23. The van der Waals surface area contributed by atoms with Crippen LogP contribution in [0, 0.1) is 0 Å². The number of guanidine groups is 1. The fourth-order valence-corrected chi connectivity index (χ4v) is 3.93. The maximum Gasteiger partial charge on any atom is 0.251 e. The predicted octanol–water partition coefficient (Wildman–Crippen LogP) is 2.90. The molecule has 1 aliphatic heterocycles. The Kier molecular flexibility index (Phi) is 9.37. The SMILES string of the molecule is CCNC(=NCC(c1ccccc1)N1CCCC1)NCCCNC(=O)c1cccc(O)c1. The molecular formula is C25H35N5O2. The Morgan fingerprint density at radius 3 is 2.50 bits per heavy atom. The van der Waals surface area contributed by atoms with Gasteiger partial charge in [0.2, 0.25) is 0 Å². The second-order valence-corrected chi connectivity index (χ2v) is 7.98. The molecule has 1 saturated heterocycles. The maximum atomic E-state index is 12.2. The van der Waals surface area contributed by atoms with Gasteiger partial charge >= 0.3 is 0 Å². The molecule has 0 radical (unpaired) electrons. The Bertz CT molecular complexity index is 866. The topological polar surface area (TPSA) is 89.0 Å². The van der Waals surface area contributed by atoms with E-state index in [1.54, 1.807) is 18.2 Å². The van der Waals surface area contributed by atoms with Gasteiger partial charge < -0.3 is 21.1 Å². The number of amides is 1. The van der Waals surface area contributed by atoms with E-state index < -0.39 is 0 Å². The Labute approximate surface area is 190 Å². The minimum atomic E-state index is -0.183. The Morgan fingerprint density at radius 1 is 1.03 bits per heavy atom. The summed E-state index contributed by atoms with van der Waals surface area (Å²) >= 11 is 0. The molecule has 0 aromatic heterocycles. The van der Waals surface area contributed by atoms with E-state index in [2.05, 4.69) is 58.1 Å². The zero-order chi connectivity index (χ0) is 22.6. The van der Waals surface area contributed by atoms with E-state index >= 15 is 0 Å². The second kappa shape index (κ2) is 12.7. The van der Waals surface area contributed by atoms with Crippen LogP contribution in [-0.4, -0.2) is 61.1 Å². The van der Waals surface area contributed by atoms with Crippen molar-refractivity contribution in [2.24, 2.45) is 4.99 Å². The summed E-state index contributed by atoms with van der Waals surface area (Å²) in [6, 6.07) is 17.3. The van der Waals surface area contributed by atoms with Crippen molar-refractivity contribution >= 4 is 11.9 Å². The number of likely N-dealkylation sites (tertiary alicyclic amines) is 1. The molecule has 1 unspecified atom stereocenters. The molecule has 2 aromatic rings. The lowest BCUT2D eigenvalue weighted by atomic mass is 10.1. The summed E-state index contributed by atoms with van der Waals surface area (Å²) in [7, 11) is 0. The fraction of sp³-hybridized carbons (Fsp3) is 0.440. The van der Waals surface area contributed by atoms with E-state index in [1.807, 2.05) is 0 Å². The number of aromatic hydroxyl groups is 1. The molecule has 0 spiro atoms. The molecule has 7 nitrogen and oxygen atoms in total. The zero-order valence-electron chi connectivity index (χ0n) is 18.9. The minimum absolute atomic E-state index is 0.0912. The molecule has 3 rings (SSSR count). The van der Waals surface area contributed by atoms with Gasteiger partial charge in [0.25, 0.3) is 5.91 Å². The van der Waals surface area contributed by atoms with E-state index in [1.165, 1.54) is 24.5 Å². The van der Waals surface area contributed by atoms with Crippen LogP contribution in [0.5, 0.6) is 5.75 Å². The molecule has 0 aliphatic carbocycles. The van der Waals surface area contributed by atoms with Gasteiger partial charge in [-0.05, 0) is 63.0 Å². The van der Waals surface area contributed by atoms with Gasteiger partial charge in [0.15, 0.2) is 5.96 Å². The second-order valence-electron chi connectivity index (χ2n) is 7.98. The van der Waals surface area contributed by atoms with Crippen molar-refractivity contribution in [1.29, 1.82) is 0 Å². The van der Waals surface area contributed by atoms with Crippen LogP contribution in [0.4, 0.5) is 0 Å². The number of benzene rings is 2. The van der Waals surface area contributed by atoms with Crippen LogP contribution in [0.15, 0.2) is 59.6 Å². The summed E-state index contributed by atoms with van der Waals surface area (Å²) in [5.74, 6) is 0.707. The number of aliphatic imine (C=N–C) groups is 1. The fourth-order valence-electron chi connectivity index (χ4n) is 3.93. The number of carbonyl (C=O) groups is 1. The van der Waals surface area contributed by atoms with Crippen LogP contribution in [0.2, 0.25) is 0 Å². The van der Waals surface area contributed by atoms with Crippen LogP contribution >= 0.6 is 0 Å². The highest BCUT2D eigenvalue weighted by molar-refractivity contribution is 5.94. The van der Waals surface area contributed by atoms with Crippen molar-refractivity contribution in [1.82, 2.24) is 20.9 Å². The lowest BCUT2D eigenvalue weighted by molar-refractivity contribution is 0.0953. The van der Waals surface area contributed by atoms with Gasteiger partial charge in [0, 0.05) is 25.2 Å². The predicted molar refractivity (Wildman–Crippen MR) is 129 cm³/mol. The van der Waals surface area contributed by atoms with Gasteiger partial charge in [-0.2, -0.15) is 0 Å². The van der Waals surface area contributed by atoms with Crippen molar-refractivity contribution in [2.75, 3.05) is 39.3 Å².